The molecule has 0 unspecified atom stereocenters. The van der Waals surface area contributed by atoms with E-state index in [1.807, 2.05) is 0 Å². The van der Waals surface area contributed by atoms with Gasteiger partial charge in [0.25, 0.3) is 5.69 Å². The fraction of sp³-hybridized carbons (Fsp3) is 0.500. The number of nitro groups is 1. The van der Waals surface area contributed by atoms with Crippen LogP contribution in [-0.4, -0.2) is 35.4 Å². The highest BCUT2D eigenvalue weighted by molar-refractivity contribution is 5.92. The molecule has 1 N–H and O–H groups in total. The van der Waals surface area contributed by atoms with Crippen molar-refractivity contribution in [3.05, 3.63) is 34.4 Å². The molecule has 1 aliphatic rings. The van der Waals surface area contributed by atoms with Crippen LogP contribution in [0.4, 0.5) is 11.4 Å². The quantitative estimate of drug-likeness (QED) is 0.676. The Labute approximate surface area is 117 Å². The van der Waals surface area contributed by atoms with E-state index in [2.05, 4.69) is 17.1 Å². The van der Waals surface area contributed by atoms with Crippen molar-refractivity contribution in [2.45, 2.75) is 19.8 Å². The molecule has 6 heteroatoms. The third-order valence-electron chi connectivity index (χ3n) is 3.45. The van der Waals surface area contributed by atoms with Crippen LogP contribution in [0.2, 0.25) is 0 Å². The molecule has 1 fully saturated rings. The van der Waals surface area contributed by atoms with Gasteiger partial charge < -0.3 is 5.32 Å². The van der Waals surface area contributed by atoms with Crippen LogP contribution in [0.5, 0.6) is 0 Å². The van der Waals surface area contributed by atoms with Crippen LogP contribution in [0.15, 0.2) is 24.3 Å². The molecule has 1 atom stereocenters. The fourth-order valence-electron chi connectivity index (χ4n) is 2.53. The summed E-state index contributed by atoms with van der Waals surface area (Å²) >= 11 is 0. The van der Waals surface area contributed by atoms with Crippen molar-refractivity contribution in [2.75, 3.05) is 25.0 Å². The van der Waals surface area contributed by atoms with E-state index in [-0.39, 0.29) is 11.6 Å². The molecule has 0 saturated carbocycles. The van der Waals surface area contributed by atoms with Crippen LogP contribution >= 0.6 is 0 Å². The predicted molar refractivity (Wildman–Crippen MR) is 76.6 cm³/mol. The van der Waals surface area contributed by atoms with E-state index < -0.39 is 4.92 Å². The summed E-state index contributed by atoms with van der Waals surface area (Å²) in [6, 6.07) is 6.00. The zero-order chi connectivity index (χ0) is 14.5. The Morgan fingerprint density at radius 3 is 3.05 bits per heavy atom. The lowest BCUT2D eigenvalue weighted by Crippen LogP contribution is -2.39. The highest BCUT2D eigenvalue weighted by atomic mass is 16.6. The normalized spacial score (nSPS) is 19.6. The maximum Gasteiger partial charge on any atom is 0.271 e. The number of likely N-dealkylation sites (tertiary alicyclic amines) is 1. The van der Waals surface area contributed by atoms with Crippen LogP contribution in [0.25, 0.3) is 0 Å². The first-order valence-electron chi connectivity index (χ1n) is 6.81. The highest BCUT2D eigenvalue weighted by Gasteiger charge is 2.18. The largest absolute Gasteiger partial charge is 0.325 e. The number of nitrogens with one attached hydrogen (secondary N) is 1. The SMILES string of the molecule is C[C@H]1CCCN(CC(=O)Nc2cccc([N+](=O)[O-])c2)C1. The van der Waals surface area contributed by atoms with Crippen molar-refractivity contribution in [2.24, 2.45) is 5.92 Å². The summed E-state index contributed by atoms with van der Waals surface area (Å²) in [4.78, 5) is 24.3. The number of hydrogen-bond acceptors (Lipinski definition) is 4. The lowest BCUT2D eigenvalue weighted by Gasteiger charge is -2.30. The smallest absolute Gasteiger partial charge is 0.271 e. The standard InChI is InChI=1S/C14H19N3O3/c1-11-4-3-7-16(9-11)10-14(18)15-12-5-2-6-13(8-12)17(19)20/h2,5-6,8,11H,3-4,7,9-10H2,1H3,(H,15,18)/t11-/m0/s1. The lowest BCUT2D eigenvalue weighted by atomic mass is 10.0. The summed E-state index contributed by atoms with van der Waals surface area (Å²) in [7, 11) is 0. The number of benzene rings is 1. The highest BCUT2D eigenvalue weighted by Crippen LogP contribution is 2.18. The number of nitro benzene ring substituents is 1. The molecule has 6 nitrogen and oxygen atoms in total. The van der Waals surface area contributed by atoms with E-state index in [0.717, 1.165) is 19.5 Å². The van der Waals surface area contributed by atoms with E-state index in [0.29, 0.717) is 18.2 Å². The monoisotopic (exact) mass is 277 g/mol. The number of amides is 1. The van der Waals surface area contributed by atoms with Crippen molar-refractivity contribution in [3.63, 3.8) is 0 Å². The van der Waals surface area contributed by atoms with E-state index in [4.69, 9.17) is 0 Å². The number of piperidine rings is 1. The van der Waals surface area contributed by atoms with Gasteiger partial charge in [-0.3, -0.25) is 19.8 Å². The van der Waals surface area contributed by atoms with Gasteiger partial charge in [0.15, 0.2) is 0 Å². The molecule has 20 heavy (non-hydrogen) atoms. The van der Waals surface area contributed by atoms with E-state index >= 15 is 0 Å². The Morgan fingerprint density at radius 2 is 2.35 bits per heavy atom. The van der Waals surface area contributed by atoms with E-state index in [9.17, 15) is 14.9 Å². The molecule has 1 saturated heterocycles. The predicted octanol–water partition coefficient (Wildman–Crippen LogP) is 2.27. The minimum atomic E-state index is -0.470. The summed E-state index contributed by atoms with van der Waals surface area (Å²) in [5, 5.41) is 13.4. The first-order valence-corrected chi connectivity index (χ1v) is 6.81. The lowest BCUT2D eigenvalue weighted by molar-refractivity contribution is -0.384. The molecule has 1 heterocycles. The molecule has 2 rings (SSSR count). The Bertz CT molecular complexity index is 504. The van der Waals surface area contributed by atoms with E-state index in [1.165, 1.54) is 18.6 Å². The fourth-order valence-corrected chi connectivity index (χ4v) is 2.53. The van der Waals surface area contributed by atoms with Crippen molar-refractivity contribution in [1.82, 2.24) is 4.90 Å². The number of non-ortho nitro benzene ring substituents is 1. The first-order chi connectivity index (χ1) is 9.54. The van der Waals surface area contributed by atoms with Gasteiger partial charge in [0, 0.05) is 24.4 Å². The van der Waals surface area contributed by atoms with Crippen LogP contribution in [0.3, 0.4) is 0 Å². The summed E-state index contributed by atoms with van der Waals surface area (Å²) in [6.45, 7) is 4.40. The number of nitrogens with zero attached hydrogens (tertiary/aromatic N) is 2. The summed E-state index contributed by atoms with van der Waals surface area (Å²) in [5.74, 6) is 0.494. The Balaban J connectivity index is 1.91. The second-order valence-corrected chi connectivity index (χ2v) is 5.34. The molecule has 0 bridgehead atoms. The van der Waals surface area contributed by atoms with Gasteiger partial charge in [0.05, 0.1) is 11.5 Å². The van der Waals surface area contributed by atoms with Gasteiger partial charge in [0.2, 0.25) is 5.91 Å². The summed E-state index contributed by atoms with van der Waals surface area (Å²) in [6.07, 6.45) is 2.33. The average molecular weight is 277 g/mol. The van der Waals surface area contributed by atoms with Crippen molar-refractivity contribution < 1.29 is 9.72 Å². The molecule has 0 aliphatic carbocycles. The number of anilines is 1. The van der Waals surface area contributed by atoms with Crippen molar-refractivity contribution in [3.8, 4) is 0 Å². The third kappa shape index (κ3) is 4.03. The van der Waals surface area contributed by atoms with E-state index in [1.54, 1.807) is 12.1 Å². The molecule has 1 amide bonds. The van der Waals surface area contributed by atoms with Gasteiger partial charge in [-0.2, -0.15) is 0 Å². The van der Waals surface area contributed by atoms with Gasteiger partial charge in [-0.15, -0.1) is 0 Å². The second-order valence-electron chi connectivity index (χ2n) is 5.34. The molecule has 0 spiro atoms. The van der Waals surface area contributed by atoms with Crippen LogP contribution in [-0.2, 0) is 4.79 Å². The number of carbonyl (C=O) groups excluding carboxylic acids is 1. The molecule has 1 aromatic carbocycles. The van der Waals surface area contributed by atoms with Crippen LogP contribution in [0, 0.1) is 16.0 Å². The van der Waals surface area contributed by atoms with Crippen LogP contribution < -0.4 is 5.32 Å². The molecule has 108 valence electrons. The molecular weight excluding hydrogens is 258 g/mol. The van der Waals surface area contributed by atoms with Gasteiger partial charge in [0.1, 0.15) is 0 Å². The molecule has 0 radical (unpaired) electrons. The van der Waals surface area contributed by atoms with Gasteiger partial charge in [-0.05, 0) is 31.4 Å². The topological polar surface area (TPSA) is 75.5 Å². The maximum atomic E-state index is 11.9. The first kappa shape index (κ1) is 14.5. The van der Waals surface area contributed by atoms with Crippen LogP contribution in [0.1, 0.15) is 19.8 Å². The second kappa shape index (κ2) is 6.47. The maximum absolute atomic E-state index is 11.9. The minimum absolute atomic E-state index is 0.0191. The number of rotatable bonds is 4. The van der Waals surface area contributed by atoms with Gasteiger partial charge in [-0.1, -0.05) is 13.0 Å². The molecular formula is C14H19N3O3. The Hall–Kier alpha value is -1.95. The summed E-state index contributed by atoms with van der Waals surface area (Å²) < 4.78 is 0. The average Bonchev–Trinajstić information content (AvgIpc) is 2.38. The molecule has 0 aromatic heterocycles. The van der Waals surface area contributed by atoms with Crippen molar-refractivity contribution in [1.29, 1.82) is 0 Å². The van der Waals surface area contributed by atoms with Gasteiger partial charge in [-0.25, -0.2) is 0 Å². The minimum Gasteiger partial charge on any atom is -0.325 e. The third-order valence-corrected chi connectivity index (χ3v) is 3.45. The Kier molecular flexibility index (Phi) is 4.68. The van der Waals surface area contributed by atoms with Crippen molar-refractivity contribution >= 4 is 17.3 Å². The number of carbonyl (C=O) groups is 1. The Morgan fingerprint density at radius 1 is 1.55 bits per heavy atom. The zero-order valence-corrected chi connectivity index (χ0v) is 11.5. The molecule has 1 aliphatic heterocycles. The number of hydrogen-bond donors (Lipinski definition) is 1. The molecule has 1 aromatic rings. The van der Waals surface area contributed by atoms with Gasteiger partial charge >= 0.3 is 0 Å². The summed E-state index contributed by atoms with van der Waals surface area (Å²) in [5.41, 5.74) is 0.448. The zero-order valence-electron chi connectivity index (χ0n) is 11.5.